The second-order valence-electron chi connectivity index (χ2n) is 6.11. The molecule has 1 atom stereocenters. The van der Waals surface area contributed by atoms with E-state index in [1.165, 1.54) is 12.8 Å². The molecule has 1 saturated heterocycles. The van der Waals surface area contributed by atoms with E-state index in [9.17, 15) is 4.79 Å². The quantitative estimate of drug-likeness (QED) is 0.849. The van der Waals surface area contributed by atoms with Crippen molar-refractivity contribution in [2.45, 2.75) is 32.1 Å². The number of aromatic nitrogens is 2. The smallest absolute Gasteiger partial charge is 0.225 e. The Morgan fingerprint density at radius 3 is 3.00 bits per heavy atom. The lowest BCUT2D eigenvalue weighted by atomic mass is 10.0. The standard InChI is InChI=1S/C16H23N3O2/c20-16(14-3-1-2-4-14)19-7-8-21-11-13(10-19)9-15-5-6-17-12-18-15/h5-6,12-14H,1-4,7-11H2. The molecule has 2 heterocycles. The molecule has 0 bridgehead atoms. The number of carbonyl (C=O) groups is 1. The van der Waals surface area contributed by atoms with Gasteiger partial charge in [-0.15, -0.1) is 0 Å². The monoisotopic (exact) mass is 289 g/mol. The van der Waals surface area contributed by atoms with Crippen LogP contribution in [0.3, 0.4) is 0 Å². The molecule has 5 heteroatoms. The van der Waals surface area contributed by atoms with Gasteiger partial charge in [0.05, 0.1) is 13.2 Å². The lowest BCUT2D eigenvalue weighted by Gasteiger charge is -2.26. The highest BCUT2D eigenvalue weighted by Crippen LogP contribution is 2.27. The van der Waals surface area contributed by atoms with E-state index in [0.717, 1.165) is 38.0 Å². The normalized spacial score (nSPS) is 24.0. The Morgan fingerprint density at radius 1 is 1.38 bits per heavy atom. The van der Waals surface area contributed by atoms with Gasteiger partial charge in [-0.25, -0.2) is 9.97 Å². The molecular weight excluding hydrogens is 266 g/mol. The van der Waals surface area contributed by atoms with Gasteiger partial charge in [-0.1, -0.05) is 12.8 Å². The van der Waals surface area contributed by atoms with Crippen molar-refractivity contribution in [2.24, 2.45) is 11.8 Å². The summed E-state index contributed by atoms with van der Waals surface area (Å²) in [6, 6.07) is 1.94. The predicted octanol–water partition coefficient (Wildman–Crippen LogP) is 1.68. The number of amides is 1. The SMILES string of the molecule is O=C(C1CCCC1)N1CCOCC(Cc2ccncn2)C1. The van der Waals surface area contributed by atoms with Crippen LogP contribution in [0, 0.1) is 11.8 Å². The van der Waals surface area contributed by atoms with E-state index in [1.54, 1.807) is 12.5 Å². The van der Waals surface area contributed by atoms with E-state index in [4.69, 9.17) is 4.74 Å². The molecule has 1 aromatic rings. The largest absolute Gasteiger partial charge is 0.379 e. The molecular formula is C16H23N3O2. The van der Waals surface area contributed by atoms with Gasteiger partial charge in [-0.3, -0.25) is 4.79 Å². The number of hydrogen-bond donors (Lipinski definition) is 0. The predicted molar refractivity (Wildman–Crippen MR) is 78.6 cm³/mol. The maximum Gasteiger partial charge on any atom is 0.225 e. The van der Waals surface area contributed by atoms with E-state index in [0.29, 0.717) is 25.0 Å². The van der Waals surface area contributed by atoms with Crippen molar-refractivity contribution in [3.63, 3.8) is 0 Å². The van der Waals surface area contributed by atoms with Crippen molar-refractivity contribution in [3.05, 3.63) is 24.3 Å². The lowest BCUT2D eigenvalue weighted by molar-refractivity contribution is -0.135. The Hall–Kier alpha value is -1.49. The first kappa shape index (κ1) is 14.4. The summed E-state index contributed by atoms with van der Waals surface area (Å²) in [7, 11) is 0. The van der Waals surface area contributed by atoms with Crippen LogP contribution in [0.25, 0.3) is 0 Å². The zero-order valence-corrected chi connectivity index (χ0v) is 12.4. The second kappa shape index (κ2) is 6.98. The fourth-order valence-corrected chi connectivity index (χ4v) is 3.37. The number of hydrogen-bond acceptors (Lipinski definition) is 4. The summed E-state index contributed by atoms with van der Waals surface area (Å²) in [5.74, 6) is 0.918. The van der Waals surface area contributed by atoms with Gasteiger partial charge in [-0.2, -0.15) is 0 Å². The van der Waals surface area contributed by atoms with E-state index < -0.39 is 0 Å². The van der Waals surface area contributed by atoms with Crippen LogP contribution in [0.2, 0.25) is 0 Å². The number of nitrogens with zero attached hydrogens (tertiary/aromatic N) is 3. The molecule has 2 aliphatic rings. The summed E-state index contributed by atoms with van der Waals surface area (Å²) in [6.07, 6.45) is 8.71. The average molecular weight is 289 g/mol. The molecule has 1 aliphatic carbocycles. The molecule has 5 nitrogen and oxygen atoms in total. The highest BCUT2D eigenvalue weighted by molar-refractivity contribution is 5.79. The molecule has 0 N–H and O–H groups in total. The molecule has 1 aliphatic heterocycles. The Balaban J connectivity index is 1.61. The van der Waals surface area contributed by atoms with Crippen molar-refractivity contribution >= 4 is 5.91 Å². The first-order valence-corrected chi connectivity index (χ1v) is 7.94. The summed E-state index contributed by atoms with van der Waals surface area (Å²) in [4.78, 5) is 22.8. The highest BCUT2D eigenvalue weighted by Gasteiger charge is 2.30. The maximum absolute atomic E-state index is 12.6. The third kappa shape index (κ3) is 3.79. The van der Waals surface area contributed by atoms with Crippen LogP contribution in [0.5, 0.6) is 0 Å². The third-order valence-electron chi connectivity index (χ3n) is 4.49. The van der Waals surface area contributed by atoms with E-state index in [1.807, 2.05) is 11.0 Å². The summed E-state index contributed by atoms with van der Waals surface area (Å²) in [5.41, 5.74) is 1.02. The van der Waals surface area contributed by atoms with Crippen molar-refractivity contribution in [3.8, 4) is 0 Å². The van der Waals surface area contributed by atoms with Gasteiger partial charge in [0.1, 0.15) is 6.33 Å². The van der Waals surface area contributed by atoms with Gasteiger partial charge in [0.15, 0.2) is 0 Å². The number of carbonyl (C=O) groups excluding carboxylic acids is 1. The molecule has 1 saturated carbocycles. The number of rotatable bonds is 3. The molecule has 21 heavy (non-hydrogen) atoms. The van der Waals surface area contributed by atoms with Gasteiger partial charge in [0.2, 0.25) is 5.91 Å². The zero-order chi connectivity index (χ0) is 14.5. The lowest BCUT2D eigenvalue weighted by Crippen LogP contribution is -2.39. The Kier molecular flexibility index (Phi) is 4.80. The molecule has 2 fully saturated rings. The van der Waals surface area contributed by atoms with E-state index >= 15 is 0 Å². The maximum atomic E-state index is 12.6. The average Bonchev–Trinajstić information content (AvgIpc) is 2.95. The van der Waals surface area contributed by atoms with Crippen LogP contribution in [-0.2, 0) is 16.0 Å². The van der Waals surface area contributed by atoms with E-state index in [2.05, 4.69) is 9.97 Å². The molecule has 0 spiro atoms. The van der Waals surface area contributed by atoms with Gasteiger partial charge in [0, 0.05) is 36.8 Å². The van der Waals surface area contributed by atoms with Crippen LogP contribution in [0.15, 0.2) is 18.6 Å². The molecule has 1 aromatic heterocycles. The second-order valence-corrected chi connectivity index (χ2v) is 6.11. The first-order chi connectivity index (χ1) is 10.3. The van der Waals surface area contributed by atoms with Crippen LogP contribution < -0.4 is 0 Å². The Bertz CT molecular complexity index is 460. The van der Waals surface area contributed by atoms with Crippen molar-refractivity contribution in [2.75, 3.05) is 26.3 Å². The molecule has 0 aromatic carbocycles. The van der Waals surface area contributed by atoms with Crippen LogP contribution >= 0.6 is 0 Å². The molecule has 1 amide bonds. The fraction of sp³-hybridized carbons (Fsp3) is 0.688. The Morgan fingerprint density at radius 2 is 2.24 bits per heavy atom. The summed E-state index contributed by atoms with van der Waals surface area (Å²) < 4.78 is 5.69. The number of ether oxygens (including phenoxy) is 1. The van der Waals surface area contributed by atoms with Crippen molar-refractivity contribution in [1.82, 2.24) is 14.9 Å². The minimum absolute atomic E-state index is 0.253. The van der Waals surface area contributed by atoms with Crippen LogP contribution in [0.4, 0.5) is 0 Å². The van der Waals surface area contributed by atoms with Gasteiger partial charge >= 0.3 is 0 Å². The van der Waals surface area contributed by atoms with Crippen LogP contribution in [0.1, 0.15) is 31.4 Å². The molecule has 114 valence electrons. The van der Waals surface area contributed by atoms with Crippen molar-refractivity contribution in [1.29, 1.82) is 0 Å². The Labute approximate surface area is 125 Å². The summed E-state index contributed by atoms with van der Waals surface area (Å²) in [5, 5.41) is 0. The van der Waals surface area contributed by atoms with Crippen molar-refractivity contribution < 1.29 is 9.53 Å². The third-order valence-corrected chi connectivity index (χ3v) is 4.49. The minimum atomic E-state index is 0.253. The summed E-state index contributed by atoms with van der Waals surface area (Å²) >= 11 is 0. The first-order valence-electron chi connectivity index (χ1n) is 7.94. The highest BCUT2D eigenvalue weighted by atomic mass is 16.5. The molecule has 1 unspecified atom stereocenters. The molecule has 0 radical (unpaired) electrons. The van der Waals surface area contributed by atoms with Crippen LogP contribution in [-0.4, -0.2) is 47.1 Å². The van der Waals surface area contributed by atoms with Gasteiger partial charge in [0.25, 0.3) is 0 Å². The van der Waals surface area contributed by atoms with E-state index in [-0.39, 0.29) is 5.92 Å². The molecule has 3 rings (SSSR count). The minimum Gasteiger partial charge on any atom is -0.379 e. The zero-order valence-electron chi connectivity index (χ0n) is 12.4. The summed E-state index contributed by atoms with van der Waals surface area (Å²) in [6.45, 7) is 2.88. The fourth-order valence-electron chi connectivity index (χ4n) is 3.37. The topological polar surface area (TPSA) is 55.3 Å². The van der Waals surface area contributed by atoms with Gasteiger partial charge < -0.3 is 9.64 Å². The van der Waals surface area contributed by atoms with Gasteiger partial charge in [-0.05, 0) is 25.3 Å².